The predicted octanol–water partition coefficient (Wildman–Crippen LogP) is 2.40. The van der Waals surface area contributed by atoms with Crippen molar-refractivity contribution in [2.24, 2.45) is 0 Å². The Morgan fingerprint density at radius 2 is 2.46 bits per heavy atom. The second-order valence-electron chi connectivity index (χ2n) is 3.18. The van der Waals surface area contributed by atoms with E-state index < -0.39 is 0 Å². The third-order valence-corrected chi connectivity index (χ3v) is 2.68. The Bertz CT molecular complexity index is 302. The summed E-state index contributed by atoms with van der Waals surface area (Å²) in [7, 11) is 0. The molecule has 1 aromatic rings. The lowest BCUT2D eigenvalue weighted by Gasteiger charge is -1.93. The van der Waals surface area contributed by atoms with Crippen LogP contribution < -0.4 is 5.32 Å². The fourth-order valence-corrected chi connectivity index (χ4v) is 1.73. The molecule has 70 valence electrons. The molecule has 0 bridgehead atoms. The van der Waals surface area contributed by atoms with Gasteiger partial charge in [-0.15, -0.1) is 0 Å². The maximum absolute atomic E-state index is 4.41. The third kappa shape index (κ3) is 2.28. The van der Waals surface area contributed by atoms with Gasteiger partial charge in [-0.1, -0.05) is 12.2 Å². The van der Waals surface area contributed by atoms with Crippen LogP contribution in [0.1, 0.15) is 31.5 Å². The van der Waals surface area contributed by atoms with E-state index in [1.165, 1.54) is 24.4 Å². The maximum atomic E-state index is 4.41. The van der Waals surface area contributed by atoms with Crippen LogP contribution in [-0.2, 0) is 0 Å². The van der Waals surface area contributed by atoms with Crippen molar-refractivity contribution >= 4 is 16.7 Å². The predicted molar refractivity (Wildman–Crippen MR) is 55.2 cm³/mol. The average Bonchev–Trinajstić information content (AvgIpc) is 2.88. The minimum atomic E-state index is 0.661. The Balaban J connectivity index is 1.89. The second-order valence-corrected chi connectivity index (χ2v) is 3.93. The standard InChI is InChI=1S/C9H13N3S/c1-2-3-6-10-9-11-8(12-13-9)7-4-5-7/h2-3,7H,4-6H2,1H3,(H,10,11,12)/b3-2+. The first-order chi connectivity index (χ1) is 6.40. The van der Waals surface area contributed by atoms with Gasteiger partial charge >= 0.3 is 0 Å². The minimum Gasteiger partial charge on any atom is -0.357 e. The molecule has 1 fully saturated rings. The highest BCUT2D eigenvalue weighted by molar-refractivity contribution is 7.09. The Hall–Kier alpha value is -0.900. The topological polar surface area (TPSA) is 37.8 Å². The molecule has 0 aromatic carbocycles. The summed E-state index contributed by atoms with van der Waals surface area (Å²) in [5, 5.41) is 4.15. The summed E-state index contributed by atoms with van der Waals surface area (Å²) in [4.78, 5) is 4.41. The lowest BCUT2D eigenvalue weighted by molar-refractivity contribution is 0.984. The van der Waals surface area contributed by atoms with Gasteiger partial charge in [0, 0.05) is 24.0 Å². The molecule has 0 spiro atoms. The molecule has 0 radical (unpaired) electrons. The third-order valence-electron chi connectivity index (χ3n) is 1.99. The first-order valence-corrected chi connectivity index (χ1v) is 5.36. The average molecular weight is 195 g/mol. The van der Waals surface area contributed by atoms with Gasteiger partial charge in [0.05, 0.1) is 0 Å². The largest absolute Gasteiger partial charge is 0.357 e. The van der Waals surface area contributed by atoms with Crippen LogP contribution in [0.4, 0.5) is 5.13 Å². The number of aromatic nitrogens is 2. The van der Waals surface area contributed by atoms with Gasteiger partial charge in [-0.3, -0.25) is 0 Å². The van der Waals surface area contributed by atoms with Gasteiger partial charge < -0.3 is 5.32 Å². The lowest BCUT2D eigenvalue weighted by atomic mass is 10.4. The van der Waals surface area contributed by atoms with Crippen LogP contribution in [0.3, 0.4) is 0 Å². The zero-order valence-electron chi connectivity index (χ0n) is 7.66. The van der Waals surface area contributed by atoms with Crippen LogP contribution in [0.2, 0.25) is 0 Å². The summed E-state index contributed by atoms with van der Waals surface area (Å²) in [5.41, 5.74) is 0. The molecule has 0 atom stereocenters. The van der Waals surface area contributed by atoms with Gasteiger partial charge in [0.25, 0.3) is 0 Å². The molecule has 1 aromatic heterocycles. The molecule has 13 heavy (non-hydrogen) atoms. The SMILES string of the molecule is C/C=C/CNc1nc(C2CC2)ns1. The van der Waals surface area contributed by atoms with Crippen molar-refractivity contribution < 1.29 is 0 Å². The molecule has 1 saturated carbocycles. The van der Waals surface area contributed by atoms with Gasteiger partial charge in [-0.05, 0) is 19.8 Å². The Labute approximate surface area is 82.1 Å². The monoisotopic (exact) mass is 195 g/mol. The molecule has 2 rings (SSSR count). The highest BCUT2D eigenvalue weighted by Gasteiger charge is 2.27. The van der Waals surface area contributed by atoms with Gasteiger partial charge in [0.15, 0.2) is 0 Å². The van der Waals surface area contributed by atoms with Crippen LogP contribution >= 0.6 is 11.5 Å². The van der Waals surface area contributed by atoms with Crippen molar-refractivity contribution in [1.82, 2.24) is 9.36 Å². The van der Waals surface area contributed by atoms with E-state index in [9.17, 15) is 0 Å². The number of nitrogens with one attached hydrogen (secondary N) is 1. The van der Waals surface area contributed by atoms with Crippen LogP contribution in [-0.4, -0.2) is 15.9 Å². The van der Waals surface area contributed by atoms with Crippen molar-refractivity contribution in [2.75, 3.05) is 11.9 Å². The number of hydrogen-bond acceptors (Lipinski definition) is 4. The number of nitrogens with zero attached hydrogens (tertiary/aromatic N) is 2. The molecule has 3 nitrogen and oxygen atoms in total. The number of anilines is 1. The van der Waals surface area contributed by atoms with E-state index in [0.29, 0.717) is 5.92 Å². The zero-order valence-corrected chi connectivity index (χ0v) is 8.47. The van der Waals surface area contributed by atoms with Crippen molar-refractivity contribution in [3.05, 3.63) is 18.0 Å². The number of allylic oxidation sites excluding steroid dienone is 1. The smallest absolute Gasteiger partial charge is 0.202 e. The van der Waals surface area contributed by atoms with Crippen molar-refractivity contribution in [3.63, 3.8) is 0 Å². The molecular weight excluding hydrogens is 182 g/mol. The summed E-state index contributed by atoms with van der Waals surface area (Å²) in [6, 6.07) is 0. The van der Waals surface area contributed by atoms with Gasteiger partial charge in [-0.25, -0.2) is 4.98 Å². The van der Waals surface area contributed by atoms with Gasteiger partial charge in [-0.2, -0.15) is 4.37 Å². The van der Waals surface area contributed by atoms with Crippen molar-refractivity contribution in [2.45, 2.75) is 25.7 Å². The van der Waals surface area contributed by atoms with Crippen LogP contribution in [0.25, 0.3) is 0 Å². The summed E-state index contributed by atoms with van der Waals surface area (Å²) in [6.45, 7) is 2.85. The van der Waals surface area contributed by atoms with E-state index in [2.05, 4.69) is 20.8 Å². The van der Waals surface area contributed by atoms with Gasteiger partial charge in [0.2, 0.25) is 5.13 Å². The molecular formula is C9H13N3S. The van der Waals surface area contributed by atoms with E-state index in [-0.39, 0.29) is 0 Å². The maximum Gasteiger partial charge on any atom is 0.202 e. The summed E-state index contributed by atoms with van der Waals surface area (Å²) in [6.07, 6.45) is 6.63. The summed E-state index contributed by atoms with van der Waals surface area (Å²) in [5.74, 6) is 1.70. The van der Waals surface area contributed by atoms with Crippen molar-refractivity contribution in [3.8, 4) is 0 Å². The fourth-order valence-electron chi connectivity index (χ4n) is 1.08. The van der Waals surface area contributed by atoms with Crippen LogP contribution in [0, 0.1) is 0 Å². The Kier molecular flexibility index (Phi) is 2.59. The number of rotatable bonds is 4. The molecule has 1 aliphatic rings. The van der Waals surface area contributed by atoms with Crippen LogP contribution in [0.15, 0.2) is 12.2 Å². The first-order valence-electron chi connectivity index (χ1n) is 4.59. The minimum absolute atomic E-state index is 0.661. The van der Waals surface area contributed by atoms with E-state index in [4.69, 9.17) is 0 Å². The lowest BCUT2D eigenvalue weighted by Crippen LogP contribution is -1.97. The fraction of sp³-hybridized carbons (Fsp3) is 0.556. The first kappa shape index (κ1) is 8.69. The molecule has 0 unspecified atom stereocenters. The highest BCUT2D eigenvalue weighted by Crippen LogP contribution is 2.39. The normalized spacial score (nSPS) is 16.7. The molecule has 0 aliphatic heterocycles. The van der Waals surface area contributed by atoms with E-state index >= 15 is 0 Å². The molecule has 4 heteroatoms. The molecule has 1 N–H and O–H groups in total. The summed E-state index contributed by atoms with van der Waals surface area (Å²) < 4.78 is 4.30. The molecule has 1 heterocycles. The summed E-state index contributed by atoms with van der Waals surface area (Å²) >= 11 is 1.46. The van der Waals surface area contributed by atoms with Crippen molar-refractivity contribution in [1.29, 1.82) is 0 Å². The zero-order chi connectivity index (χ0) is 9.10. The van der Waals surface area contributed by atoms with Gasteiger partial charge in [0.1, 0.15) is 5.82 Å². The van der Waals surface area contributed by atoms with E-state index in [1.54, 1.807) is 0 Å². The highest BCUT2D eigenvalue weighted by atomic mass is 32.1. The number of hydrogen-bond donors (Lipinski definition) is 1. The second kappa shape index (κ2) is 3.87. The molecule has 0 amide bonds. The Morgan fingerprint density at radius 1 is 1.62 bits per heavy atom. The quantitative estimate of drug-likeness (QED) is 0.750. The van der Waals surface area contributed by atoms with E-state index in [0.717, 1.165) is 17.5 Å². The Morgan fingerprint density at radius 3 is 3.15 bits per heavy atom. The van der Waals surface area contributed by atoms with Crippen LogP contribution in [0.5, 0.6) is 0 Å². The van der Waals surface area contributed by atoms with E-state index in [1.807, 2.05) is 13.0 Å². The molecule has 0 saturated heterocycles. The molecule has 1 aliphatic carbocycles.